The Kier molecular flexibility index (Phi) is 3.66. The molecule has 16 heavy (non-hydrogen) atoms. The van der Waals surface area contributed by atoms with Crippen LogP contribution >= 0.6 is 12.8 Å². The Labute approximate surface area is 103 Å². The summed E-state index contributed by atoms with van der Waals surface area (Å²) in [6, 6.07) is 4.29. The quantitative estimate of drug-likeness (QED) is 0.791. The number of pyridine rings is 1. The van der Waals surface area contributed by atoms with E-state index in [-0.39, 0.29) is 0 Å². The highest BCUT2D eigenvalue weighted by atomic mass is 32.1. The lowest BCUT2D eigenvalue weighted by Crippen LogP contribution is -2.20. The number of rotatable bonds is 2. The van der Waals surface area contributed by atoms with E-state index in [1.165, 1.54) is 11.1 Å². The Bertz CT molecular complexity index is 381. The highest BCUT2D eigenvalue weighted by molar-refractivity contribution is 7.77. The smallest absolute Gasteiger partial charge is 0.0672 e. The molecule has 0 atom stereocenters. The van der Waals surface area contributed by atoms with Crippen LogP contribution in [0.3, 0.4) is 0 Å². The van der Waals surface area contributed by atoms with Gasteiger partial charge in [0.15, 0.2) is 0 Å². The molecule has 2 rings (SSSR count). The van der Waals surface area contributed by atoms with Crippen molar-refractivity contribution in [2.75, 3.05) is 13.1 Å². The fourth-order valence-electron chi connectivity index (χ4n) is 1.85. The highest BCUT2D eigenvalue weighted by Gasteiger charge is 2.12. The molecule has 2 heterocycles. The van der Waals surface area contributed by atoms with Gasteiger partial charge in [-0.15, -0.1) is 0 Å². The van der Waals surface area contributed by atoms with Crippen molar-refractivity contribution < 1.29 is 0 Å². The standard InChI is InChI=1S/C13H18N2S/c1-10(2)11-5-6-13(14-8-11)12-4-3-7-15(16)9-12/h4-6,8,10,16H,3,7,9H2,1-2H3. The second kappa shape index (κ2) is 5.02. The van der Waals surface area contributed by atoms with E-state index >= 15 is 0 Å². The van der Waals surface area contributed by atoms with Crippen molar-refractivity contribution in [3.63, 3.8) is 0 Å². The van der Waals surface area contributed by atoms with Gasteiger partial charge in [-0.05, 0) is 29.5 Å². The minimum Gasteiger partial charge on any atom is -0.256 e. The molecule has 0 N–H and O–H groups in total. The molecule has 0 aliphatic carbocycles. The summed E-state index contributed by atoms with van der Waals surface area (Å²) >= 11 is 4.39. The topological polar surface area (TPSA) is 16.1 Å². The Morgan fingerprint density at radius 1 is 1.38 bits per heavy atom. The number of aromatic nitrogens is 1. The van der Waals surface area contributed by atoms with Crippen LogP contribution in [0.15, 0.2) is 24.4 Å². The molecule has 0 amide bonds. The predicted molar refractivity (Wildman–Crippen MR) is 71.5 cm³/mol. The van der Waals surface area contributed by atoms with Crippen LogP contribution in [0.25, 0.3) is 5.57 Å². The molecular weight excluding hydrogens is 216 g/mol. The summed E-state index contributed by atoms with van der Waals surface area (Å²) in [5.74, 6) is 0.545. The van der Waals surface area contributed by atoms with Crippen molar-refractivity contribution in [2.24, 2.45) is 0 Å². The van der Waals surface area contributed by atoms with Crippen LogP contribution in [0.5, 0.6) is 0 Å². The first-order valence-corrected chi connectivity index (χ1v) is 6.16. The minimum absolute atomic E-state index is 0.545. The van der Waals surface area contributed by atoms with Crippen LogP contribution in [-0.4, -0.2) is 22.4 Å². The lowest BCUT2D eigenvalue weighted by atomic mass is 10.0. The second-order valence-electron chi connectivity index (χ2n) is 4.54. The van der Waals surface area contributed by atoms with E-state index in [0.29, 0.717) is 5.92 Å². The normalized spacial score (nSPS) is 17.6. The lowest BCUT2D eigenvalue weighted by Gasteiger charge is -2.21. The van der Waals surface area contributed by atoms with Gasteiger partial charge in [0.05, 0.1) is 5.69 Å². The van der Waals surface area contributed by atoms with Crippen molar-refractivity contribution in [1.82, 2.24) is 9.29 Å². The molecule has 0 fully saturated rings. The van der Waals surface area contributed by atoms with Crippen molar-refractivity contribution in [1.29, 1.82) is 0 Å². The van der Waals surface area contributed by atoms with Crippen LogP contribution in [0, 0.1) is 0 Å². The van der Waals surface area contributed by atoms with E-state index in [1.54, 1.807) is 0 Å². The van der Waals surface area contributed by atoms with E-state index in [1.807, 2.05) is 10.5 Å². The molecule has 1 aromatic heterocycles. The Hall–Kier alpha value is -0.800. The largest absolute Gasteiger partial charge is 0.256 e. The third-order valence-electron chi connectivity index (χ3n) is 2.91. The zero-order chi connectivity index (χ0) is 11.5. The van der Waals surface area contributed by atoms with E-state index < -0.39 is 0 Å². The zero-order valence-corrected chi connectivity index (χ0v) is 10.7. The molecule has 2 nitrogen and oxygen atoms in total. The summed E-state index contributed by atoms with van der Waals surface area (Å²) in [4.78, 5) is 4.53. The van der Waals surface area contributed by atoms with Crippen molar-refractivity contribution >= 4 is 18.4 Å². The van der Waals surface area contributed by atoms with Crippen LogP contribution in [0.2, 0.25) is 0 Å². The third kappa shape index (κ3) is 2.66. The van der Waals surface area contributed by atoms with E-state index in [4.69, 9.17) is 0 Å². The van der Waals surface area contributed by atoms with Gasteiger partial charge in [-0.1, -0.05) is 38.8 Å². The Morgan fingerprint density at radius 3 is 2.75 bits per heavy atom. The van der Waals surface area contributed by atoms with Gasteiger partial charge in [-0.2, -0.15) is 0 Å². The average Bonchev–Trinajstić information content (AvgIpc) is 2.29. The fourth-order valence-corrected chi connectivity index (χ4v) is 2.12. The predicted octanol–water partition coefficient (Wildman–Crippen LogP) is 3.14. The number of nitrogens with zero attached hydrogens (tertiary/aromatic N) is 2. The van der Waals surface area contributed by atoms with Crippen LogP contribution in [-0.2, 0) is 0 Å². The number of hydrogen-bond acceptors (Lipinski definition) is 3. The molecule has 0 saturated carbocycles. The molecule has 0 saturated heterocycles. The van der Waals surface area contributed by atoms with E-state index in [0.717, 1.165) is 25.2 Å². The van der Waals surface area contributed by atoms with Gasteiger partial charge in [0.2, 0.25) is 0 Å². The van der Waals surface area contributed by atoms with Crippen LogP contribution in [0.4, 0.5) is 0 Å². The van der Waals surface area contributed by atoms with Gasteiger partial charge in [0, 0.05) is 19.3 Å². The minimum atomic E-state index is 0.545. The molecule has 0 aromatic carbocycles. The van der Waals surface area contributed by atoms with E-state index in [2.05, 4.69) is 49.9 Å². The Morgan fingerprint density at radius 2 is 2.19 bits per heavy atom. The lowest BCUT2D eigenvalue weighted by molar-refractivity contribution is 0.525. The molecule has 1 aliphatic heterocycles. The van der Waals surface area contributed by atoms with Gasteiger partial charge >= 0.3 is 0 Å². The first kappa shape index (κ1) is 11.7. The number of hydrogen-bond donors (Lipinski definition) is 1. The maximum Gasteiger partial charge on any atom is 0.0672 e. The summed E-state index contributed by atoms with van der Waals surface area (Å²) in [5, 5.41) is 0. The summed E-state index contributed by atoms with van der Waals surface area (Å²) in [6.45, 7) is 6.28. The van der Waals surface area contributed by atoms with Gasteiger partial charge in [-0.3, -0.25) is 4.98 Å². The Balaban J connectivity index is 2.18. The maximum absolute atomic E-state index is 4.53. The van der Waals surface area contributed by atoms with Gasteiger partial charge in [0.25, 0.3) is 0 Å². The molecule has 86 valence electrons. The first-order valence-electron chi connectivity index (χ1n) is 5.76. The summed E-state index contributed by atoms with van der Waals surface area (Å²) in [7, 11) is 0. The monoisotopic (exact) mass is 234 g/mol. The second-order valence-corrected chi connectivity index (χ2v) is 5.10. The molecule has 3 heteroatoms. The van der Waals surface area contributed by atoms with E-state index in [9.17, 15) is 0 Å². The third-order valence-corrected chi connectivity index (χ3v) is 3.25. The molecule has 0 radical (unpaired) electrons. The van der Waals surface area contributed by atoms with Gasteiger partial charge < -0.3 is 0 Å². The average molecular weight is 234 g/mol. The molecular formula is C13H18N2S. The van der Waals surface area contributed by atoms with Crippen molar-refractivity contribution in [3.05, 3.63) is 35.7 Å². The van der Waals surface area contributed by atoms with Crippen molar-refractivity contribution in [2.45, 2.75) is 26.2 Å². The SMILES string of the molecule is CC(C)c1ccc(C2=CCCN(S)C2)nc1. The molecule has 0 bridgehead atoms. The summed E-state index contributed by atoms with van der Waals surface area (Å²) in [6.07, 6.45) is 5.31. The summed E-state index contributed by atoms with van der Waals surface area (Å²) in [5.41, 5.74) is 3.67. The van der Waals surface area contributed by atoms with Gasteiger partial charge in [0.1, 0.15) is 0 Å². The maximum atomic E-state index is 4.53. The molecule has 1 aromatic rings. The first-order chi connectivity index (χ1) is 7.66. The highest BCUT2D eigenvalue weighted by Crippen LogP contribution is 2.21. The molecule has 0 unspecified atom stereocenters. The van der Waals surface area contributed by atoms with Crippen LogP contribution in [0.1, 0.15) is 37.4 Å². The van der Waals surface area contributed by atoms with Gasteiger partial charge in [-0.25, -0.2) is 4.31 Å². The molecule has 1 aliphatic rings. The fraction of sp³-hybridized carbons (Fsp3) is 0.462. The van der Waals surface area contributed by atoms with Crippen molar-refractivity contribution in [3.8, 4) is 0 Å². The zero-order valence-electron chi connectivity index (χ0n) is 9.85. The molecule has 0 spiro atoms. The van der Waals surface area contributed by atoms with Crippen LogP contribution < -0.4 is 0 Å². The number of thiol groups is 1. The summed E-state index contributed by atoms with van der Waals surface area (Å²) < 4.78 is 2.04.